The number of benzene rings is 2. The number of fused-ring (bicyclic) bond motifs is 2. The van der Waals surface area contributed by atoms with Gasteiger partial charge in [-0.1, -0.05) is 17.7 Å². The van der Waals surface area contributed by atoms with Crippen molar-refractivity contribution in [2.24, 2.45) is 0 Å². The van der Waals surface area contributed by atoms with E-state index in [1.165, 1.54) is 0 Å². The lowest BCUT2D eigenvalue weighted by Gasteiger charge is -2.39. The summed E-state index contributed by atoms with van der Waals surface area (Å²) in [5.41, 5.74) is 3.27. The number of hydrogen-bond acceptors (Lipinski definition) is 8. The molecule has 202 valence electrons. The van der Waals surface area contributed by atoms with Crippen molar-refractivity contribution >= 4 is 56.5 Å². The Hall–Kier alpha value is -3.95. The first kappa shape index (κ1) is 26.6. The summed E-state index contributed by atoms with van der Waals surface area (Å²) in [6, 6.07) is 15.1. The van der Waals surface area contributed by atoms with Crippen molar-refractivity contribution in [3.05, 3.63) is 65.9 Å². The number of ketones is 1. The highest BCUT2D eigenvalue weighted by atomic mass is 35.5. The van der Waals surface area contributed by atoms with Crippen LogP contribution in [0.1, 0.15) is 13.3 Å². The highest BCUT2D eigenvalue weighted by molar-refractivity contribution is 6.31. The van der Waals surface area contributed by atoms with Gasteiger partial charge in [-0.3, -0.25) is 24.5 Å². The van der Waals surface area contributed by atoms with E-state index >= 15 is 0 Å². The first-order valence-electron chi connectivity index (χ1n) is 12.9. The largest absolute Gasteiger partial charge is 0.494 e. The van der Waals surface area contributed by atoms with Crippen molar-refractivity contribution in [2.45, 2.75) is 19.5 Å². The number of rotatable bonds is 9. The third-order valence-electron chi connectivity index (χ3n) is 6.97. The maximum Gasteiger partial charge on any atom is 0.224 e. The van der Waals surface area contributed by atoms with Crippen molar-refractivity contribution < 1.29 is 14.3 Å². The molecule has 1 atom stereocenters. The summed E-state index contributed by atoms with van der Waals surface area (Å²) >= 11 is 6.12. The number of Topliss-reactive ketones (excluding diaryl/α,β-unsaturated/α-hetero) is 1. The van der Waals surface area contributed by atoms with Crippen molar-refractivity contribution in [3.8, 4) is 5.75 Å². The number of hydrogen-bond donors (Lipinski definition) is 2. The number of nitrogens with one attached hydrogen (secondary N) is 2. The van der Waals surface area contributed by atoms with Crippen LogP contribution in [0.4, 0.5) is 11.4 Å². The van der Waals surface area contributed by atoms with Gasteiger partial charge in [-0.05, 0) is 43.3 Å². The fraction of sp³-hybridized carbons (Fsp3) is 0.310. The van der Waals surface area contributed by atoms with Gasteiger partial charge in [0, 0.05) is 84.8 Å². The summed E-state index contributed by atoms with van der Waals surface area (Å²) in [6.07, 6.45) is 3.31. The maximum absolute atomic E-state index is 12.9. The quantitative estimate of drug-likeness (QED) is 0.318. The topological polar surface area (TPSA) is 99.7 Å². The fourth-order valence-corrected chi connectivity index (χ4v) is 5.13. The van der Waals surface area contributed by atoms with Gasteiger partial charge in [0.2, 0.25) is 5.91 Å². The molecule has 2 aromatic carbocycles. The van der Waals surface area contributed by atoms with Gasteiger partial charge in [0.1, 0.15) is 17.4 Å². The van der Waals surface area contributed by atoms with Gasteiger partial charge in [0.15, 0.2) is 5.78 Å². The third kappa shape index (κ3) is 6.05. The van der Waals surface area contributed by atoms with Crippen LogP contribution in [-0.2, 0) is 9.59 Å². The van der Waals surface area contributed by atoms with Gasteiger partial charge < -0.3 is 20.3 Å². The smallest absolute Gasteiger partial charge is 0.224 e. The average molecular weight is 547 g/mol. The zero-order chi connectivity index (χ0) is 27.4. The van der Waals surface area contributed by atoms with Crippen LogP contribution >= 0.6 is 11.6 Å². The fourth-order valence-electron chi connectivity index (χ4n) is 4.96. The maximum atomic E-state index is 12.9. The number of carbonyl (C=O) groups is 2. The van der Waals surface area contributed by atoms with Crippen molar-refractivity contribution in [2.75, 3.05) is 50.5 Å². The standard InChI is InChI=1S/C29H31ClN6O3/c1-19(37)29(34-24-7-10-32-25-17-21(30)5-6-23(24)25)36-14-12-35(13-15-36)27(38)8-11-31-22-16-20-4-3-9-33-28(20)26(18-22)39-2/h3-7,9-10,16-18,29,31H,8,11-15H2,1-2H3,(H,32,34). The molecule has 39 heavy (non-hydrogen) atoms. The summed E-state index contributed by atoms with van der Waals surface area (Å²) in [4.78, 5) is 38.3. The van der Waals surface area contributed by atoms with Gasteiger partial charge >= 0.3 is 0 Å². The van der Waals surface area contributed by atoms with E-state index in [0.29, 0.717) is 49.9 Å². The van der Waals surface area contributed by atoms with Crippen molar-refractivity contribution in [1.29, 1.82) is 0 Å². The minimum atomic E-state index is -0.498. The first-order valence-corrected chi connectivity index (χ1v) is 13.3. The Morgan fingerprint density at radius 1 is 1.05 bits per heavy atom. The molecule has 10 heteroatoms. The third-order valence-corrected chi connectivity index (χ3v) is 7.21. The van der Waals surface area contributed by atoms with E-state index in [1.54, 1.807) is 32.5 Å². The number of halogens is 1. The molecule has 1 amide bonds. The molecular formula is C29H31ClN6O3. The second-order valence-electron chi connectivity index (χ2n) is 9.52. The van der Waals surface area contributed by atoms with E-state index in [2.05, 4.69) is 25.5 Å². The molecule has 1 aliphatic rings. The molecule has 3 heterocycles. The zero-order valence-corrected chi connectivity index (χ0v) is 22.7. The summed E-state index contributed by atoms with van der Waals surface area (Å²) in [7, 11) is 1.62. The number of piperazine rings is 1. The Morgan fingerprint density at radius 3 is 2.64 bits per heavy atom. The number of pyridine rings is 2. The summed E-state index contributed by atoms with van der Waals surface area (Å²) in [5.74, 6) is 0.787. The first-order chi connectivity index (χ1) is 18.9. The lowest BCUT2D eigenvalue weighted by Crippen LogP contribution is -2.56. The second kappa shape index (κ2) is 11.8. The van der Waals surface area contributed by atoms with Crippen LogP contribution < -0.4 is 15.4 Å². The van der Waals surface area contributed by atoms with Gasteiger partial charge in [-0.2, -0.15) is 0 Å². The molecule has 0 spiro atoms. The number of nitrogens with zero attached hydrogens (tertiary/aromatic N) is 4. The predicted octanol–water partition coefficient (Wildman–Crippen LogP) is 4.42. The van der Waals surface area contributed by atoms with Gasteiger partial charge in [-0.25, -0.2) is 0 Å². The van der Waals surface area contributed by atoms with Crippen molar-refractivity contribution in [3.63, 3.8) is 0 Å². The van der Waals surface area contributed by atoms with Gasteiger partial charge in [0.25, 0.3) is 0 Å². The van der Waals surface area contributed by atoms with E-state index in [-0.39, 0.29) is 11.7 Å². The molecular weight excluding hydrogens is 516 g/mol. The monoisotopic (exact) mass is 546 g/mol. The molecule has 2 N–H and O–H groups in total. The van der Waals surface area contributed by atoms with E-state index in [9.17, 15) is 9.59 Å². The lowest BCUT2D eigenvalue weighted by molar-refractivity contribution is -0.133. The number of carbonyl (C=O) groups excluding carboxylic acids is 2. The van der Waals surface area contributed by atoms with Crippen LogP contribution in [0, 0.1) is 0 Å². The van der Waals surface area contributed by atoms with E-state index in [4.69, 9.17) is 16.3 Å². The van der Waals surface area contributed by atoms with Crippen LogP contribution in [0.5, 0.6) is 5.75 Å². The highest BCUT2D eigenvalue weighted by Crippen LogP contribution is 2.28. The van der Waals surface area contributed by atoms with Crippen LogP contribution in [0.25, 0.3) is 21.8 Å². The number of amides is 1. The summed E-state index contributed by atoms with van der Waals surface area (Å²) < 4.78 is 5.48. The zero-order valence-electron chi connectivity index (χ0n) is 22.0. The molecule has 0 bridgehead atoms. The van der Waals surface area contributed by atoms with Gasteiger partial charge in [0.05, 0.1) is 12.6 Å². The molecule has 1 saturated heterocycles. The molecule has 0 radical (unpaired) electrons. The summed E-state index contributed by atoms with van der Waals surface area (Å²) in [5, 5.41) is 9.21. The van der Waals surface area contributed by atoms with Crippen LogP contribution in [0.3, 0.4) is 0 Å². The Morgan fingerprint density at radius 2 is 1.87 bits per heavy atom. The molecule has 5 rings (SSSR count). The van der Waals surface area contributed by atoms with Crippen LogP contribution in [0.2, 0.25) is 5.02 Å². The van der Waals surface area contributed by atoms with Crippen LogP contribution in [0.15, 0.2) is 60.9 Å². The summed E-state index contributed by atoms with van der Waals surface area (Å²) in [6.45, 7) is 4.41. The normalized spacial score (nSPS) is 14.8. The minimum absolute atomic E-state index is 0.0129. The van der Waals surface area contributed by atoms with E-state index < -0.39 is 6.17 Å². The molecule has 1 fully saturated rings. The van der Waals surface area contributed by atoms with Crippen molar-refractivity contribution in [1.82, 2.24) is 19.8 Å². The van der Waals surface area contributed by atoms with Gasteiger partial charge in [-0.15, -0.1) is 0 Å². The van der Waals surface area contributed by atoms with Crippen LogP contribution in [-0.4, -0.2) is 77.5 Å². The predicted molar refractivity (Wildman–Crippen MR) is 154 cm³/mol. The molecule has 1 unspecified atom stereocenters. The molecule has 9 nitrogen and oxygen atoms in total. The average Bonchev–Trinajstić information content (AvgIpc) is 2.95. The molecule has 0 saturated carbocycles. The lowest BCUT2D eigenvalue weighted by atomic mass is 10.1. The number of aromatic nitrogens is 2. The minimum Gasteiger partial charge on any atom is -0.494 e. The molecule has 0 aliphatic carbocycles. The highest BCUT2D eigenvalue weighted by Gasteiger charge is 2.28. The number of ether oxygens (including phenoxy) is 1. The Bertz CT molecular complexity index is 1510. The van der Waals surface area contributed by atoms with E-state index in [1.807, 2.05) is 47.4 Å². The number of methoxy groups -OCH3 is 1. The molecule has 1 aliphatic heterocycles. The second-order valence-corrected chi connectivity index (χ2v) is 9.96. The molecule has 4 aromatic rings. The Balaban J connectivity index is 1.16. The number of anilines is 2. The SMILES string of the molecule is COc1cc(NCCC(=O)N2CCN(C(Nc3ccnc4cc(Cl)ccc34)C(C)=O)CC2)cc2cccnc12. The molecule has 2 aromatic heterocycles. The Labute approximate surface area is 232 Å². The Kier molecular flexibility index (Phi) is 8.09. The van der Waals surface area contributed by atoms with E-state index in [0.717, 1.165) is 33.2 Å².